The Hall–Kier alpha value is -2.28. The average Bonchev–Trinajstić information content (AvgIpc) is 2.72. The number of anilines is 2. The molecule has 1 aliphatic heterocycles. The summed E-state index contributed by atoms with van der Waals surface area (Å²) in [5, 5.41) is 12.4. The van der Waals surface area contributed by atoms with Crippen LogP contribution in [0.25, 0.3) is 5.57 Å². The maximum absolute atomic E-state index is 9.13. The largest absolute Gasteiger partial charge is 0.398 e. The molecular weight excluding hydrogens is 236 g/mol. The second-order valence-corrected chi connectivity index (χ2v) is 5.02. The number of nitrogen functional groups attached to an aromatic ring is 1. The van der Waals surface area contributed by atoms with Gasteiger partial charge in [0.1, 0.15) is 5.84 Å². The van der Waals surface area contributed by atoms with Gasteiger partial charge in [0, 0.05) is 23.9 Å². The SMILES string of the molecule is CN=C1Nc2c(C)c(C#N)cc(N)c2/C1=C/C(C)C. The molecule has 1 heterocycles. The zero-order valence-electron chi connectivity index (χ0n) is 11.7. The topological polar surface area (TPSA) is 74.2 Å². The Balaban J connectivity index is 2.75. The predicted molar refractivity (Wildman–Crippen MR) is 80.1 cm³/mol. The Labute approximate surface area is 113 Å². The molecule has 0 saturated carbocycles. The summed E-state index contributed by atoms with van der Waals surface area (Å²) in [6, 6.07) is 3.91. The number of allylic oxidation sites excluding steroid dienone is 1. The van der Waals surface area contributed by atoms with E-state index in [1.165, 1.54) is 0 Å². The smallest absolute Gasteiger partial charge is 0.132 e. The van der Waals surface area contributed by atoms with Gasteiger partial charge in [-0.25, -0.2) is 0 Å². The van der Waals surface area contributed by atoms with Crippen LogP contribution in [0.4, 0.5) is 11.4 Å². The van der Waals surface area contributed by atoms with Crippen molar-refractivity contribution in [3.63, 3.8) is 0 Å². The molecule has 19 heavy (non-hydrogen) atoms. The van der Waals surface area contributed by atoms with Crippen molar-refractivity contribution in [2.45, 2.75) is 20.8 Å². The Kier molecular flexibility index (Phi) is 3.30. The number of hydrogen-bond acceptors (Lipinski definition) is 3. The van der Waals surface area contributed by atoms with Gasteiger partial charge in [-0.15, -0.1) is 0 Å². The highest BCUT2D eigenvalue weighted by Gasteiger charge is 2.27. The molecule has 0 radical (unpaired) electrons. The van der Waals surface area contributed by atoms with E-state index in [-0.39, 0.29) is 0 Å². The molecule has 1 aliphatic rings. The molecule has 0 saturated heterocycles. The van der Waals surface area contributed by atoms with E-state index in [2.05, 4.69) is 36.3 Å². The van der Waals surface area contributed by atoms with Crippen molar-refractivity contribution < 1.29 is 0 Å². The molecule has 0 unspecified atom stereocenters. The molecule has 3 N–H and O–H groups in total. The fourth-order valence-electron chi connectivity index (χ4n) is 2.34. The number of nitriles is 1. The van der Waals surface area contributed by atoms with E-state index in [0.717, 1.165) is 28.2 Å². The summed E-state index contributed by atoms with van der Waals surface area (Å²) >= 11 is 0. The monoisotopic (exact) mass is 254 g/mol. The molecule has 1 aromatic carbocycles. The Bertz CT molecular complexity index is 631. The number of hydrogen-bond donors (Lipinski definition) is 2. The van der Waals surface area contributed by atoms with E-state index < -0.39 is 0 Å². The van der Waals surface area contributed by atoms with Gasteiger partial charge in [0.15, 0.2) is 0 Å². The van der Waals surface area contributed by atoms with Crippen LogP contribution in [-0.4, -0.2) is 12.9 Å². The first-order chi connectivity index (χ1) is 8.99. The van der Waals surface area contributed by atoms with E-state index >= 15 is 0 Å². The van der Waals surface area contributed by atoms with Crippen molar-refractivity contribution in [3.8, 4) is 6.07 Å². The molecule has 0 aliphatic carbocycles. The zero-order chi connectivity index (χ0) is 14.2. The number of aliphatic imine (C=N–C) groups is 1. The molecule has 0 atom stereocenters. The summed E-state index contributed by atoms with van der Waals surface area (Å²) in [6.07, 6.45) is 2.14. The van der Waals surface area contributed by atoms with Crippen molar-refractivity contribution in [2.24, 2.45) is 10.9 Å². The average molecular weight is 254 g/mol. The summed E-state index contributed by atoms with van der Waals surface area (Å²) in [4.78, 5) is 4.27. The highest BCUT2D eigenvalue weighted by molar-refractivity contribution is 6.35. The first-order valence-corrected chi connectivity index (χ1v) is 6.29. The molecule has 1 aromatic rings. The summed E-state index contributed by atoms with van der Waals surface area (Å²) < 4.78 is 0. The third kappa shape index (κ3) is 2.08. The lowest BCUT2D eigenvalue weighted by Gasteiger charge is -2.09. The van der Waals surface area contributed by atoms with E-state index in [0.29, 0.717) is 17.2 Å². The standard InChI is InChI=1S/C15H18N4/c1-8(2)5-11-13-12(17)6-10(7-16)9(3)14(13)19-15(11)18-4/h5-6,8H,17H2,1-4H3,(H,18,19)/b11-5-. The Morgan fingerprint density at radius 3 is 2.68 bits per heavy atom. The van der Waals surface area contributed by atoms with E-state index in [1.54, 1.807) is 13.1 Å². The molecule has 0 aromatic heterocycles. The van der Waals surface area contributed by atoms with Crippen molar-refractivity contribution in [2.75, 3.05) is 18.1 Å². The lowest BCUT2D eigenvalue weighted by atomic mass is 9.96. The normalized spacial score (nSPS) is 17.7. The van der Waals surface area contributed by atoms with Gasteiger partial charge in [-0.2, -0.15) is 5.26 Å². The minimum atomic E-state index is 0.398. The number of amidine groups is 1. The lowest BCUT2D eigenvalue weighted by Crippen LogP contribution is -2.06. The van der Waals surface area contributed by atoms with Crippen LogP contribution in [-0.2, 0) is 0 Å². The van der Waals surface area contributed by atoms with E-state index in [4.69, 9.17) is 11.0 Å². The minimum Gasteiger partial charge on any atom is -0.398 e. The van der Waals surface area contributed by atoms with Crippen LogP contribution in [0.1, 0.15) is 30.5 Å². The predicted octanol–water partition coefficient (Wildman–Crippen LogP) is 2.94. The lowest BCUT2D eigenvalue weighted by molar-refractivity contribution is 0.835. The summed E-state index contributed by atoms with van der Waals surface area (Å²) in [5.41, 5.74) is 11.1. The quantitative estimate of drug-likeness (QED) is 0.757. The van der Waals surface area contributed by atoms with E-state index in [9.17, 15) is 0 Å². The van der Waals surface area contributed by atoms with Crippen molar-refractivity contribution in [1.29, 1.82) is 5.26 Å². The van der Waals surface area contributed by atoms with Gasteiger partial charge in [-0.3, -0.25) is 4.99 Å². The number of nitrogens with zero attached hydrogens (tertiary/aromatic N) is 2. The molecule has 0 spiro atoms. The van der Waals surface area contributed by atoms with Crippen LogP contribution < -0.4 is 11.1 Å². The van der Waals surface area contributed by atoms with Crippen LogP contribution in [0.3, 0.4) is 0 Å². The highest BCUT2D eigenvalue weighted by Crippen LogP contribution is 2.41. The van der Waals surface area contributed by atoms with Crippen molar-refractivity contribution >= 4 is 22.8 Å². The van der Waals surface area contributed by atoms with Crippen molar-refractivity contribution in [3.05, 3.63) is 28.8 Å². The third-order valence-electron chi connectivity index (χ3n) is 3.23. The van der Waals surface area contributed by atoms with Crippen LogP contribution in [0, 0.1) is 24.2 Å². The third-order valence-corrected chi connectivity index (χ3v) is 3.23. The van der Waals surface area contributed by atoms with Gasteiger partial charge >= 0.3 is 0 Å². The van der Waals surface area contributed by atoms with Gasteiger partial charge in [0.05, 0.1) is 17.3 Å². The van der Waals surface area contributed by atoms with Gasteiger partial charge < -0.3 is 11.1 Å². The molecule has 4 nitrogen and oxygen atoms in total. The highest BCUT2D eigenvalue weighted by atomic mass is 15.0. The summed E-state index contributed by atoms with van der Waals surface area (Å²) in [5.74, 6) is 1.21. The Morgan fingerprint density at radius 1 is 1.47 bits per heavy atom. The number of benzene rings is 1. The first-order valence-electron chi connectivity index (χ1n) is 6.29. The summed E-state index contributed by atoms with van der Waals surface area (Å²) in [7, 11) is 1.75. The molecule has 98 valence electrons. The molecule has 0 amide bonds. The minimum absolute atomic E-state index is 0.398. The molecule has 2 rings (SSSR count). The van der Waals surface area contributed by atoms with Gasteiger partial charge in [0.2, 0.25) is 0 Å². The second kappa shape index (κ2) is 4.77. The summed E-state index contributed by atoms with van der Waals surface area (Å²) in [6.45, 7) is 6.16. The zero-order valence-corrected chi connectivity index (χ0v) is 11.7. The second-order valence-electron chi connectivity index (χ2n) is 5.02. The van der Waals surface area contributed by atoms with Gasteiger partial charge in [-0.05, 0) is 24.5 Å². The number of fused-ring (bicyclic) bond motifs is 1. The molecule has 0 fully saturated rings. The van der Waals surface area contributed by atoms with Crippen LogP contribution >= 0.6 is 0 Å². The number of rotatable bonds is 1. The first kappa shape index (κ1) is 13.2. The van der Waals surface area contributed by atoms with Crippen LogP contribution in [0.15, 0.2) is 17.1 Å². The molecular formula is C15H18N4. The maximum Gasteiger partial charge on any atom is 0.132 e. The molecule has 0 bridgehead atoms. The Morgan fingerprint density at radius 2 is 2.16 bits per heavy atom. The van der Waals surface area contributed by atoms with Gasteiger partial charge in [-0.1, -0.05) is 19.9 Å². The van der Waals surface area contributed by atoms with Crippen LogP contribution in [0.5, 0.6) is 0 Å². The fraction of sp³-hybridized carbons (Fsp3) is 0.333. The van der Waals surface area contributed by atoms with Crippen molar-refractivity contribution in [1.82, 2.24) is 0 Å². The number of nitrogens with one attached hydrogen (secondary N) is 1. The maximum atomic E-state index is 9.13. The molecule has 4 heteroatoms. The fourth-order valence-corrected chi connectivity index (χ4v) is 2.34. The number of nitrogens with two attached hydrogens (primary N) is 1. The van der Waals surface area contributed by atoms with E-state index in [1.807, 2.05) is 6.92 Å². The van der Waals surface area contributed by atoms with Crippen LogP contribution in [0.2, 0.25) is 0 Å². The van der Waals surface area contributed by atoms with Gasteiger partial charge in [0.25, 0.3) is 0 Å².